The number of rotatable bonds is 4. The van der Waals surface area contributed by atoms with Gasteiger partial charge in [0.05, 0.1) is 11.9 Å². The highest BCUT2D eigenvalue weighted by Gasteiger charge is 2.19. The predicted octanol–water partition coefficient (Wildman–Crippen LogP) is 2.79. The van der Waals surface area contributed by atoms with E-state index < -0.39 is 0 Å². The minimum absolute atomic E-state index is 0.192. The summed E-state index contributed by atoms with van der Waals surface area (Å²) in [5, 5.41) is 27.2. The van der Waals surface area contributed by atoms with Crippen molar-refractivity contribution in [3.05, 3.63) is 65.7 Å². The van der Waals surface area contributed by atoms with E-state index in [9.17, 15) is 5.11 Å². The summed E-state index contributed by atoms with van der Waals surface area (Å²) in [4.78, 5) is 0. The number of nitrogens with one attached hydrogen (secondary N) is 1. The molecule has 2 aromatic carbocycles. The van der Waals surface area contributed by atoms with Gasteiger partial charge in [0.25, 0.3) is 5.95 Å². The Morgan fingerprint density at radius 3 is 2.84 bits per heavy atom. The first-order valence-corrected chi connectivity index (χ1v) is 8.58. The maximum absolute atomic E-state index is 9.46. The monoisotopic (exact) mass is 350 g/mol. The van der Waals surface area contributed by atoms with Crippen molar-refractivity contribution in [1.82, 2.24) is 14.9 Å². The number of fused-ring (bicyclic) bond motifs is 1. The average Bonchev–Trinajstić information content (AvgIpc) is 3.05. The fourth-order valence-electron chi connectivity index (χ4n) is 2.34. The lowest BCUT2D eigenvalue weighted by atomic mass is 10.1. The standard InChI is InChI=1S/C17H14N6OS/c24-14-8-4-5-12(9-14)10-18-19-16-20-21-17-23(16)22-15(11-25-17)13-6-2-1-3-7-13/h1-10,24H,11H2,(H,19,20)/b18-10+. The summed E-state index contributed by atoms with van der Waals surface area (Å²) in [6, 6.07) is 16.8. The van der Waals surface area contributed by atoms with Crippen LogP contribution in [0.4, 0.5) is 5.95 Å². The Labute approximate surface area is 148 Å². The highest BCUT2D eigenvalue weighted by molar-refractivity contribution is 7.99. The van der Waals surface area contributed by atoms with Crippen LogP contribution in [0.5, 0.6) is 5.75 Å². The molecule has 0 bridgehead atoms. The lowest BCUT2D eigenvalue weighted by Gasteiger charge is -2.13. The first-order chi connectivity index (χ1) is 12.3. The Kier molecular flexibility index (Phi) is 4.17. The maximum atomic E-state index is 9.46. The van der Waals surface area contributed by atoms with E-state index in [1.165, 1.54) is 0 Å². The minimum atomic E-state index is 0.192. The second-order valence-electron chi connectivity index (χ2n) is 5.28. The number of benzene rings is 2. The number of aromatic hydroxyl groups is 1. The van der Waals surface area contributed by atoms with Crippen molar-refractivity contribution < 1.29 is 5.11 Å². The van der Waals surface area contributed by atoms with Crippen molar-refractivity contribution in [2.75, 3.05) is 11.2 Å². The van der Waals surface area contributed by atoms with Gasteiger partial charge in [-0.25, -0.2) is 5.43 Å². The fraction of sp³-hybridized carbons (Fsp3) is 0.0588. The molecule has 0 saturated heterocycles. The molecule has 124 valence electrons. The van der Waals surface area contributed by atoms with Crippen molar-refractivity contribution in [2.24, 2.45) is 10.2 Å². The normalized spacial score (nSPS) is 13.5. The van der Waals surface area contributed by atoms with Crippen molar-refractivity contribution in [3.8, 4) is 5.75 Å². The molecule has 0 unspecified atom stereocenters. The van der Waals surface area contributed by atoms with Crippen molar-refractivity contribution in [1.29, 1.82) is 0 Å². The zero-order valence-corrected chi connectivity index (χ0v) is 13.9. The maximum Gasteiger partial charge on any atom is 0.266 e. The van der Waals surface area contributed by atoms with Gasteiger partial charge >= 0.3 is 0 Å². The summed E-state index contributed by atoms with van der Waals surface area (Å²) in [6.45, 7) is 0. The summed E-state index contributed by atoms with van der Waals surface area (Å²) in [6.07, 6.45) is 1.60. The summed E-state index contributed by atoms with van der Waals surface area (Å²) in [5.41, 5.74) is 5.65. The molecule has 1 aliphatic heterocycles. The van der Waals surface area contributed by atoms with E-state index in [4.69, 9.17) is 0 Å². The number of thioether (sulfide) groups is 1. The van der Waals surface area contributed by atoms with Gasteiger partial charge in [0.1, 0.15) is 5.75 Å². The lowest BCUT2D eigenvalue weighted by molar-refractivity contribution is 0.475. The molecule has 0 radical (unpaired) electrons. The van der Waals surface area contributed by atoms with Crippen LogP contribution >= 0.6 is 11.8 Å². The molecule has 8 heteroatoms. The molecular weight excluding hydrogens is 336 g/mol. The van der Waals surface area contributed by atoms with Crippen molar-refractivity contribution in [2.45, 2.75) is 5.16 Å². The topological polar surface area (TPSA) is 87.7 Å². The van der Waals surface area contributed by atoms with Gasteiger partial charge in [0, 0.05) is 5.75 Å². The van der Waals surface area contributed by atoms with Crippen LogP contribution in [0.3, 0.4) is 0 Å². The van der Waals surface area contributed by atoms with Gasteiger partial charge in [0.15, 0.2) is 0 Å². The molecule has 0 spiro atoms. The van der Waals surface area contributed by atoms with Gasteiger partial charge in [-0.1, -0.05) is 54.2 Å². The first-order valence-electron chi connectivity index (χ1n) is 7.59. The Balaban J connectivity index is 1.56. The molecule has 0 aliphatic carbocycles. The third kappa shape index (κ3) is 3.38. The van der Waals surface area contributed by atoms with Crippen LogP contribution in [-0.4, -0.2) is 37.7 Å². The molecule has 7 nitrogen and oxygen atoms in total. The molecule has 1 aromatic heterocycles. The second-order valence-corrected chi connectivity index (χ2v) is 6.23. The smallest absolute Gasteiger partial charge is 0.266 e. The highest BCUT2D eigenvalue weighted by atomic mass is 32.2. The Morgan fingerprint density at radius 2 is 2.00 bits per heavy atom. The molecule has 0 saturated carbocycles. The molecule has 1 aliphatic rings. The number of hydrogen-bond acceptors (Lipinski definition) is 7. The number of phenols is 1. The van der Waals surface area contributed by atoms with E-state index >= 15 is 0 Å². The van der Waals surface area contributed by atoms with E-state index in [0.29, 0.717) is 5.95 Å². The molecule has 2 heterocycles. The van der Waals surface area contributed by atoms with Crippen LogP contribution in [0.15, 0.2) is 70.0 Å². The third-order valence-electron chi connectivity index (χ3n) is 3.53. The number of aromatic nitrogens is 3. The van der Waals surface area contributed by atoms with Crippen LogP contribution < -0.4 is 5.43 Å². The third-order valence-corrected chi connectivity index (χ3v) is 4.46. The molecule has 0 fully saturated rings. The van der Waals surface area contributed by atoms with Crippen LogP contribution in [0.2, 0.25) is 0 Å². The lowest BCUT2D eigenvalue weighted by Crippen LogP contribution is -2.14. The molecule has 0 atom stereocenters. The van der Waals surface area contributed by atoms with Gasteiger partial charge in [0.2, 0.25) is 5.16 Å². The number of hydrogen-bond donors (Lipinski definition) is 2. The van der Waals surface area contributed by atoms with Gasteiger partial charge in [-0.3, -0.25) is 0 Å². The van der Waals surface area contributed by atoms with Gasteiger partial charge in [-0.05, 0) is 23.3 Å². The molecule has 25 heavy (non-hydrogen) atoms. The van der Waals surface area contributed by atoms with Crippen LogP contribution in [0.1, 0.15) is 11.1 Å². The molecule has 3 aromatic rings. The first kappa shape index (κ1) is 15.4. The zero-order valence-electron chi connectivity index (χ0n) is 13.1. The van der Waals surface area contributed by atoms with Gasteiger partial charge in [-0.2, -0.15) is 14.9 Å². The fourth-order valence-corrected chi connectivity index (χ4v) is 3.18. The molecular formula is C17H14N6OS. The Morgan fingerprint density at radius 1 is 1.12 bits per heavy atom. The predicted molar refractivity (Wildman–Crippen MR) is 98.4 cm³/mol. The molecule has 4 rings (SSSR count). The van der Waals surface area contributed by atoms with Gasteiger partial charge in [-0.15, -0.1) is 10.2 Å². The van der Waals surface area contributed by atoms with E-state index in [1.807, 2.05) is 36.4 Å². The largest absolute Gasteiger partial charge is 0.508 e. The summed E-state index contributed by atoms with van der Waals surface area (Å²) < 4.78 is 1.65. The second kappa shape index (κ2) is 6.78. The zero-order chi connectivity index (χ0) is 17.1. The summed E-state index contributed by atoms with van der Waals surface area (Å²) in [5.74, 6) is 1.37. The number of hydrazone groups is 1. The van der Waals surface area contributed by atoms with E-state index in [2.05, 4.69) is 25.8 Å². The quantitative estimate of drug-likeness (QED) is 0.558. The number of anilines is 1. The van der Waals surface area contributed by atoms with E-state index in [0.717, 1.165) is 27.7 Å². The van der Waals surface area contributed by atoms with Gasteiger partial charge < -0.3 is 5.11 Å². The SMILES string of the molecule is Oc1cccc(/C=N/Nc2nnc3n2N=C(c2ccccc2)CS3)c1. The highest BCUT2D eigenvalue weighted by Crippen LogP contribution is 2.25. The average molecular weight is 350 g/mol. The van der Waals surface area contributed by atoms with Crippen LogP contribution in [0.25, 0.3) is 0 Å². The van der Waals surface area contributed by atoms with Crippen molar-refractivity contribution >= 4 is 29.6 Å². The number of nitrogens with zero attached hydrogens (tertiary/aromatic N) is 5. The summed E-state index contributed by atoms with van der Waals surface area (Å²) >= 11 is 1.58. The van der Waals surface area contributed by atoms with Crippen LogP contribution in [-0.2, 0) is 0 Å². The Bertz CT molecular complexity index is 951. The van der Waals surface area contributed by atoms with E-state index in [1.54, 1.807) is 40.9 Å². The summed E-state index contributed by atoms with van der Waals surface area (Å²) in [7, 11) is 0. The van der Waals surface area contributed by atoms with Crippen molar-refractivity contribution in [3.63, 3.8) is 0 Å². The van der Waals surface area contributed by atoms with E-state index in [-0.39, 0.29) is 5.75 Å². The number of phenolic OH excluding ortho intramolecular Hbond substituents is 1. The van der Waals surface area contributed by atoms with Crippen LogP contribution in [0, 0.1) is 0 Å². The molecule has 2 N–H and O–H groups in total. The molecule has 0 amide bonds. The minimum Gasteiger partial charge on any atom is -0.508 e. The Hall–Kier alpha value is -3.13.